The van der Waals surface area contributed by atoms with Crippen molar-refractivity contribution in [2.45, 2.75) is 18.9 Å². The molecule has 2 aliphatic heterocycles. The standard InChI is InChI=1S/C23H22N2O3S/c1-28-18-6-4-16(5-7-18)19-8-9-21(26)25-13-15-11-17(22(19)25)14-24(12-15)23(27)20-3-2-10-29-20/h2-10,15,17H,11-14H2,1H3. The molecule has 148 valence electrons. The lowest BCUT2D eigenvalue weighted by atomic mass is 9.80. The molecule has 1 fully saturated rings. The molecule has 0 radical (unpaired) electrons. The Kier molecular flexibility index (Phi) is 4.51. The smallest absolute Gasteiger partial charge is 0.263 e. The van der Waals surface area contributed by atoms with Gasteiger partial charge in [-0.2, -0.15) is 0 Å². The molecule has 2 atom stereocenters. The number of piperidine rings is 1. The van der Waals surface area contributed by atoms with Crippen LogP contribution in [0, 0.1) is 5.92 Å². The maximum absolute atomic E-state index is 13.0. The molecule has 0 spiro atoms. The van der Waals surface area contributed by atoms with E-state index < -0.39 is 0 Å². The Hall–Kier alpha value is -2.86. The first-order valence-electron chi connectivity index (χ1n) is 9.85. The molecule has 1 aromatic carbocycles. The van der Waals surface area contributed by atoms with Crippen molar-refractivity contribution >= 4 is 17.2 Å². The van der Waals surface area contributed by atoms with Gasteiger partial charge in [-0.1, -0.05) is 18.2 Å². The van der Waals surface area contributed by atoms with Crippen LogP contribution in [0.2, 0.25) is 0 Å². The normalized spacial score (nSPS) is 20.2. The molecule has 2 bridgehead atoms. The van der Waals surface area contributed by atoms with Crippen LogP contribution in [0.4, 0.5) is 0 Å². The summed E-state index contributed by atoms with van der Waals surface area (Å²) in [4.78, 5) is 28.4. The molecule has 0 aliphatic carbocycles. The van der Waals surface area contributed by atoms with Gasteiger partial charge in [0.2, 0.25) is 0 Å². The monoisotopic (exact) mass is 406 g/mol. The first-order chi connectivity index (χ1) is 14.1. The number of likely N-dealkylation sites (tertiary alicyclic amines) is 1. The van der Waals surface area contributed by atoms with Gasteiger partial charge in [-0.3, -0.25) is 9.59 Å². The van der Waals surface area contributed by atoms with Gasteiger partial charge in [0, 0.05) is 42.9 Å². The second-order valence-corrected chi connectivity index (χ2v) is 8.74. The van der Waals surface area contributed by atoms with Crippen molar-refractivity contribution in [3.8, 4) is 16.9 Å². The maximum atomic E-state index is 13.0. The number of nitrogens with zero attached hydrogens (tertiary/aromatic N) is 2. The number of rotatable bonds is 3. The zero-order valence-corrected chi connectivity index (χ0v) is 17.0. The molecule has 2 aliphatic rings. The summed E-state index contributed by atoms with van der Waals surface area (Å²) < 4.78 is 7.22. The first kappa shape index (κ1) is 18.2. The van der Waals surface area contributed by atoms with Crippen LogP contribution in [-0.2, 0) is 6.54 Å². The van der Waals surface area contributed by atoms with Crippen LogP contribution >= 0.6 is 11.3 Å². The molecule has 6 heteroatoms. The van der Waals surface area contributed by atoms with Gasteiger partial charge >= 0.3 is 0 Å². The fraction of sp³-hybridized carbons (Fsp3) is 0.304. The fourth-order valence-electron chi connectivity index (χ4n) is 4.75. The number of ether oxygens (including phenoxy) is 1. The van der Waals surface area contributed by atoms with Crippen molar-refractivity contribution < 1.29 is 9.53 Å². The number of pyridine rings is 1. The molecule has 0 N–H and O–H groups in total. The van der Waals surface area contributed by atoms with Crippen molar-refractivity contribution in [1.82, 2.24) is 9.47 Å². The highest BCUT2D eigenvalue weighted by molar-refractivity contribution is 7.12. The molecule has 4 heterocycles. The summed E-state index contributed by atoms with van der Waals surface area (Å²) in [5.74, 6) is 1.39. The SMILES string of the molecule is COc1ccc(-c2ccc(=O)n3c2C2CC(CN(C(=O)c4cccs4)C2)C3)cc1. The van der Waals surface area contributed by atoms with E-state index in [2.05, 4.69) is 0 Å². The first-order valence-corrected chi connectivity index (χ1v) is 10.7. The van der Waals surface area contributed by atoms with Crippen molar-refractivity contribution in [3.05, 3.63) is 74.8 Å². The summed E-state index contributed by atoms with van der Waals surface area (Å²) in [5, 5.41) is 1.94. The number of carbonyl (C=O) groups excluding carboxylic acids is 1. The lowest BCUT2D eigenvalue weighted by Crippen LogP contribution is -2.49. The molecule has 5 rings (SSSR count). The van der Waals surface area contributed by atoms with Crippen LogP contribution in [0.25, 0.3) is 11.1 Å². The Bertz CT molecular complexity index is 1100. The lowest BCUT2D eigenvalue weighted by Gasteiger charge is -2.43. The predicted molar refractivity (Wildman–Crippen MR) is 114 cm³/mol. The van der Waals surface area contributed by atoms with Crippen LogP contribution in [-0.4, -0.2) is 35.6 Å². The van der Waals surface area contributed by atoms with Crippen LogP contribution in [0.5, 0.6) is 5.75 Å². The third-order valence-corrected chi connectivity index (χ3v) is 6.87. The topological polar surface area (TPSA) is 51.5 Å². The molecular weight excluding hydrogens is 384 g/mol. The molecule has 3 aromatic rings. The van der Waals surface area contributed by atoms with Gasteiger partial charge in [0.1, 0.15) is 5.75 Å². The van der Waals surface area contributed by atoms with Crippen molar-refractivity contribution in [1.29, 1.82) is 0 Å². The zero-order chi connectivity index (χ0) is 20.0. The summed E-state index contributed by atoms with van der Waals surface area (Å²) in [6, 6.07) is 15.3. The molecule has 5 nitrogen and oxygen atoms in total. The Morgan fingerprint density at radius 3 is 2.62 bits per heavy atom. The Labute approximate surface area is 173 Å². The van der Waals surface area contributed by atoms with E-state index >= 15 is 0 Å². The van der Waals surface area contributed by atoms with Gasteiger partial charge in [0.05, 0.1) is 12.0 Å². The van der Waals surface area contributed by atoms with Gasteiger partial charge in [0.15, 0.2) is 0 Å². The molecule has 2 aromatic heterocycles. The highest BCUT2D eigenvalue weighted by Crippen LogP contribution is 2.40. The summed E-state index contributed by atoms with van der Waals surface area (Å²) in [6.45, 7) is 2.04. The Morgan fingerprint density at radius 1 is 1.07 bits per heavy atom. The second kappa shape index (κ2) is 7.19. The number of hydrogen-bond acceptors (Lipinski definition) is 4. The largest absolute Gasteiger partial charge is 0.497 e. The maximum Gasteiger partial charge on any atom is 0.263 e. The van der Waals surface area contributed by atoms with Gasteiger partial charge in [-0.05, 0) is 47.5 Å². The minimum absolute atomic E-state index is 0.0463. The van der Waals surface area contributed by atoms with E-state index in [9.17, 15) is 9.59 Å². The van der Waals surface area contributed by atoms with Crippen LogP contribution in [0.3, 0.4) is 0 Å². The van der Waals surface area contributed by atoms with Crippen LogP contribution in [0.1, 0.15) is 27.7 Å². The number of hydrogen-bond donors (Lipinski definition) is 0. The van der Waals surface area contributed by atoms with Gasteiger partial charge in [0.25, 0.3) is 11.5 Å². The Balaban J connectivity index is 1.54. The van der Waals surface area contributed by atoms with E-state index in [1.807, 2.05) is 57.3 Å². The average molecular weight is 407 g/mol. The van der Waals surface area contributed by atoms with E-state index in [1.54, 1.807) is 13.2 Å². The van der Waals surface area contributed by atoms with Crippen molar-refractivity contribution in [2.75, 3.05) is 20.2 Å². The third-order valence-electron chi connectivity index (χ3n) is 6.01. The lowest BCUT2D eigenvalue weighted by molar-refractivity contribution is 0.0600. The van der Waals surface area contributed by atoms with E-state index in [4.69, 9.17) is 4.74 Å². The second-order valence-electron chi connectivity index (χ2n) is 7.80. The molecule has 1 saturated heterocycles. The summed E-state index contributed by atoms with van der Waals surface area (Å²) in [7, 11) is 1.65. The molecule has 2 unspecified atom stereocenters. The number of benzene rings is 1. The summed E-state index contributed by atoms with van der Waals surface area (Å²) >= 11 is 1.49. The van der Waals surface area contributed by atoms with E-state index in [0.717, 1.165) is 33.9 Å². The molecular formula is C23H22N2O3S. The zero-order valence-electron chi connectivity index (χ0n) is 16.2. The van der Waals surface area contributed by atoms with Crippen LogP contribution in [0.15, 0.2) is 58.7 Å². The van der Waals surface area contributed by atoms with E-state index in [1.165, 1.54) is 11.3 Å². The van der Waals surface area contributed by atoms with Crippen molar-refractivity contribution in [2.24, 2.45) is 5.92 Å². The third kappa shape index (κ3) is 3.17. The van der Waals surface area contributed by atoms with Crippen molar-refractivity contribution in [3.63, 3.8) is 0 Å². The van der Waals surface area contributed by atoms with E-state index in [-0.39, 0.29) is 17.4 Å². The minimum atomic E-state index is 0.0463. The fourth-order valence-corrected chi connectivity index (χ4v) is 5.44. The number of amides is 1. The molecule has 29 heavy (non-hydrogen) atoms. The van der Waals surface area contributed by atoms with Gasteiger partial charge < -0.3 is 14.2 Å². The summed E-state index contributed by atoms with van der Waals surface area (Å²) in [6.07, 6.45) is 1.01. The number of thiophene rings is 1. The van der Waals surface area contributed by atoms with Crippen LogP contribution < -0.4 is 10.3 Å². The van der Waals surface area contributed by atoms with Gasteiger partial charge in [-0.15, -0.1) is 11.3 Å². The molecule has 1 amide bonds. The van der Waals surface area contributed by atoms with Gasteiger partial charge in [-0.25, -0.2) is 0 Å². The minimum Gasteiger partial charge on any atom is -0.497 e. The average Bonchev–Trinajstić information content (AvgIpc) is 3.29. The Morgan fingerprint density at radius 2 is 1.90 bits per heavy atom. The number of methoxy groups -OCH3 is 1. The highest BCUT2D eigenvalue weighted by Gasteiger charge is 2.38. The van der Waals surface area contributed by atoms with E-state index in [0.29, 0.717) is 25.6 Å². The molecule has 0 saturated carbocycles. The number of fused-ring (bicyclic) bond motifs is 4. The highest BCUT2D eigenvalue weighted by atomic mass is 32.1. The predicted octanol–water partition coefficient (Wildman–Crippen LogP) is 3.84. The summed E-state index contributed by atoms with van der Waals surface area (Å²) in [5.41, 5.74) is 3.24. The number of carbonyl (C=O) groups is 1. The number of aromatic nitrogens is 1. The quantitative estimate of drug-likeness (QED) is 0.664.